The summed E-state index contributed by atoms with van der Waals surface area (Å²) in [6, 6.07) is 16.8. The third-order valence-corrected chi connectivity index (χ3v) is 8.20. The summed E-state index contributed by atoms with van der Waals surface area (Å²) in [6.07, 6.45) is 9.16. The fraction of sp³-hybridized carbons (Fsp3) is 0.429. The van der Waals surface area contributed by atoms with Gasteiger partial charge in [0.1, 0.15) is 5.52 Å². The predicted molar refractivity (Wildman–Crippen MR) is 146 cm³/mol. The van der Waals surface area contributed by atoms with Gasteiger partial charge in [-0.3, -0.25) is 4.98 Å². The first-order valence-corrected chi connectivity index (χ1v) is 14.5. The molecule has 0 radical (unpaired) electrons. The maximum absolute atomic E-state index is 12.3. The van der Waals surface area contributed by atoms with E-state index in [1.165, 1.54) is 5.52 Å². The molecule has 2 aromatic carbocycles. The van der Waals surface area contributed by atoms with Gasteiger partial charge in [-0.25, -0.2) is 18.1 Å². The van der Waals surface area contributed by atoms with E-state index in [2.05, 4.69) is 34.4 Å². The Bertz CT molecular complexity index is 1370. The number of nitrogens with one attached hydrogen (secondary N) is 1. The Kier molecular flexibility index (Phi) is 9.07. The SMILES string of the molecule is CC(CCN)c1nc2ccccc2c2c1ncn2CCCCCCCCNS(=O)(=O)c1ccccc1. The van der Waals surface area contributed by atoms with Gasteiger partial charge in [-0.2, -0.15) is 0 Å². The van der Waals surface area contributed by atoms with Crippen LogP contribution in [0.4, 0.5) is 0 Å². The molecule has 0 spiro atoms. The second kappa shape index (κ2) is 12.4. The van der Waals surface area contributed by atoms with E-state index in [9.17, 15) is 8.42 Å². The summed E-state index contributed by atoms with van der Waals surface area (Å²) in [7, 11) is -3.40. The molecule has 192 valence electrons. The van der Waals surface area contributed by atoms with Crippen LogP contribution in [-0.2, 0) is 16.6 Å². The van der Waals surface area contributed by atoms with E-state index >= 15 is 0 Å². The van der Waals surface area contributed by atoms with Gasteiger partial charge in [0.2, 0.25) is 10.0 Å². The van der Waals surface area contributed by atoms with E-state index < -0.39 is 10.0 Å². The highest BCUT2D eigenvalue weighted by atomic mass is 32.2. The topological polar surface area (TPSA) is 103 Å². The van der Waals surface area contributed by atoms with Crippen LogP contribution in [0, 0.1) is 0 Å². The van der Waals surface area contributed by atoms with E-state index in [1.807, 2.05) is 18.5 Å². The van der Waals surface area contributed by atoms with Gasteiger partial charge in [0.15, 0.2) is 0 Å². The van der Waals surface area contributed by atoms with Gasteiger partial charge in [-0.1, -0.05) is 69.0 Å². The van der Waals surface area contributed by atoms with E-state index in [0.717, 1.165) is 73.6 Å². The fourth-order valence-electron chi connectivity index (χ4n) is 4.71. The van der Waals surface area contributed by atoms with Crippen molar-refractivity contribution in [3.8, 4) is 0 Å². The Morgan fingerprint density at radius 2 is 1.64 bits per heavy atom. The van der Waals surface area contributed by atoms with Gasteiger partial charge < -0.3 is 10.3 Å². The number of aryl methyl sites for hydroxylation is 1. The molecule has 0 saturated heterocycles. The quantitative estimate of drug-likeness (QED) is 0.224. The highest BCUT2D eigenvalue weighted by molar-refractivity contribution is 7.89. The number of nitrogens with two attached hydrogens (primary N) is 1. The Morgan fingerprint density at radius 1 is 0.944 bits per heavy atom. The first kappa shape index (κ1) is 26.3. The highest BCUT2D eigenvalue weighted by Crippen LogP contribution is 2.31. The van der Waals surface area contributed by atoms with Gasteiger partial charge in [-0.15, -0.1) is 0 Å². The Morgan fingerprint density at radius 3 is 2.42 bits per heavy atom. The van der Waals surface area contributed by atoms with Crippen molar-refractivity contribution in [2.45, 2.75) is 69.2 Å². The fourth-order valence-corrected chi connectivity index (χ4v) is 5.80. The number of pyridine rings is 1. The van der Waals surface area contributed by atoms with Crippen molar-refractivity contribution >= 4 is 32.0 Å². The maximum atomic E-state index is 12.3. The number of sulfonamides is 1. The molecule has 0 aliphatic heterocycles. The molecule has 2 aromatic heterocycles. The van der Waals surface area contributed by atoms with Crippen molar-refractivity contribution in [2.75, 3.05) is 13.1 Å². The third kappa shape index (κ3) is 6.30. The highest BCUT2D eigenvalue weighted by Gasteiger charge is 2.18. The molecule has 0 amide bonds. The molecule has 3 N–H and O–H groups in total. The molecule has 0 bridgehead atoms. The molecule has 1 unspecified atom stereocenters. The second-order valence-corrected chi connectivity index (χ2v) is 11.2. The normalized spacial score (nSPS) is 12.9. The van der Waals surface area contributed by atoms with Crippen LogP contribution in [0.5, 0.6) is 0 Å². The summed E-state index contributed by atoms with van der Waals surface area (Å²) in [5.74, 6) is 0.266. The number of rotatable bonds is 14. The first-order chi connectivity index (χ1) is 17.5. The summed E-state index contributed by atoms with van der Waals surface area (Å²) < 4.78 is 29.5. The van der Waals surface area contributed by atoms with Crippen LogP contribution >= 0.6 is 0 Å². The molecule has 36 heavy (non-hydrogen) atoms. The molecule has 0 aliphatic carbocycles. The molecule has 0 saturated carbocycles. The van der Waals surface area contributed by atoms with Crippen molar-refractivity contribution in [1.29, 1.82) is 0 Å². The molecule has 4 aromatic rings. The van der Waals surface area contributed by atoms with Crippen LogP contribution in [-0.4, -0.2) is 36.0 Å². The van der Waals surface area contributed by atoms with Crippen LogP contribution in [0.25, 0.3) is 21.9 Å². The van der Waals surface area contributed by atoms with Crippen LogP contribution in [0.15, 0.2) is 65.8 Å². The van der Waals surface area contributed by atoms with Crippen LogP contribution in [0.3, 0.4) is 0 Å². The zero-order valence-electron chi connectivity index (χ0n) is 21.1. The van der Waals surface area contributed by atoms with Crippen molar-refractivity contribution in [3.05, 3.63) is 66.6 Å². The average Bonchev–Trinajstić information content (AvgIpc) is 3.32. The number of fused-ring (bicyclic) bond motifs is 3. The molecular formula is C28H37N5O2S. The summed E-state index contributed by atoms with van der Waals surface area (Å²) in [4.78, 5) is 10.0. The van der Waals surface area contributed by atoms with Gasteiger partial charge in [0.05, 0.1) is 28.0 Å². The standard InChI is InChI=1S/C28H37N5O2S/c1-22(17-18-29)26-27-28(24-15-9-10-16-25(24)32-26)33(21-30-27)20-12-5-3-2-4-11-19-31-36(34,35)23-13-7-6-8-14-23/h6-10,13-16,21-22,31H,2-5,11-12,17-20,29H2,1H3. The van der Waals surface area contributed by atoms with E-state index in [-0.39, 0.29) is 5.92 Å². The minimum absolute atomic E-state index is 0.266. The number of benzene rings is 2. The smallest absolute Gasteiger partial charge is 0.240 e. The van der Waals surface area contributed by atoms with Crippen molar-refractivity contribution in [2.24, 2.45) is 5.73 Å². The van der Waals surface area contributed by atoms with Crippen molar-refractivity contribution in [3.63, 3.8) is 0 Å². The molecule has 0 aliphatic rings. The number of imidazole rings is 1. The largest absolute Gasteiger partial charge is 0.330 e. The zero-order chi connectivity index (χ0) is 25.4. The van der Waals surface area contributed by atoms with Gasteiger partial charge in [-0.05, 0) is 44.0 Å². The van der Waals surface area contributed by atoms with Crippen LogP contribution in [0.2, 0.25) is 0 Å². The van der Waals surface area contributed by atoms with Gasteiger partial charge >= 0.3 is 0 Å². The Hall–Kier alpha value is -2.81. The number of hydrogen-bond acceptors (Lipinski definition) is 5. The van der Waals surface area contributed by atoms with Crippen molar-refractivity contribution in [1.82, 2.24) is 19.3 Å². The van der Waals surface area contributed by atoms with Crippen molar-refractivity contribution < 1.29 is 8.42 Å². The predicted octanol–water partition coefficient (Wildman–Crippen LogP) is 5.36. The maximum Gasteiger partial charge on any atom is 0.240 e. The number of hydrogen-bond donors (Lipinski definition) is 2. The second-order valence-electron chi connectivity index (χ2n) is 9.46. The summed E-state index contributed by atoms with van der Waals surface area (Å²) >= 11 is 0. The van der Waals surface area contributed by atoms with Gasteiger partial charge in [0.25, 0.3) is 0 Å². The average molecular weight is 508 g/mol. The summed E-state index contributed by atoms with van der Waals surface area (Å²) in [5.41, 5.74) is 10.0. The molecule has 1 atom stereocenters. The molecule has 0 fully saturated rings. The first-order valence-electron chi connectivity index (χ1n) is 13.0. The molecule has 8 heteroatoms. The lowest BCUT2D eigenvalue weighted by Crippen LogP contribution is -2.24. The molecule has 4 rings (SSSR count). The van der Waals surface area contributed by atoms with Gasteiger partial charge in [0, 0.05) is 24.4 Å². The van der Waals surface area contributed by atoms with Crippen LogP contribution in [0.1, 0.15) is 63.5 Å². The zero-order valence-corrected chi connectivity index (χ0v) is 21.9. The molecule has 7 nitrogen and oxygen atoms in total. The lowest BCUT2D eigenvalue weighted by Gasteiger charge is -2.13. The lowest BCUT2D eigenvalue weighted by molar-refractivity contribution is 0.549. The minimum Gasteiger partial charge on any atom is -0.330 e. The number of nitrogens with zero attached hydrogens (tertiary/aromatic N) is 3. The number of unbranched alkanes of at least 4 members (excludes halogenated alkanes) is 5. The molecular weight excluding hydrogens is 470 g/mol. The Balaban J connectivity index is 1.26. The minimum atomic E-state index is -3.40. The summed E-state index contributed by atoms with van der Waals surface area (Å²) in [5, 5.41) is 1.15. The molecule has 2 heterocycles. The third-order valence-electron chi connectivity index (χ3n) is 6.72. The monoisotopic (exact) mass is 507 g/mol. The van der Waals surface area contributed by atoms with Crippen LogP contribution < -0.4 is 10.5 Å². The lowest BCUT2D eigenvalue weighted by atomic mass is 10.0. The number of aromatic nitrogens is 3. The van der Waals surface area contributed by atoms with E-state index in [0.29, 0.717) is 18.0 Å². The summed E-state index contributed by atoms with van der Waals surface area (Å²) in [6.45, 7) is 4.21. The van der Waals surface area contributed by atoms with E-state index in [4.69, 9.17) is 15.7 Å². The van der Waals surface area contributed by atoms with E-state index in [1.54, 1.807) is 24.3 Å². The number of para-hydroxylation sites is 1. The Labute approximate surface area is 214 Å².